The van der Waals surface area contributed by atoms with Gasteiger partial charge in [0.2, 0.25) is 0 Å². The van der Waals surface area contributed by atoms with Crippen molar-refractivity contribution in [1.82, 2.24) is 5.32 Å². The molecule has 1 aromatic carbocycles. The van der Waals surface area contributed by atoms with Gasteiger partial charge in [-0.15, -0.1) is 0 Å². The van der Waals surface area contributed by atoms with Crippen molar-refractivity contribution in [3.05, 3.63) is 34.1 Å². The van der Waals surface area contributed by atoms with Gasteiger partial charge >= 0.3 is 0 Å². The van der Waals surface area contributed by atoms with Crippen molar-refractivity contribution in [2.75, 3.05) is 0 Å². The summed E-state index contributed by atoms with van der Waals surface area (Å²) in [6.45, 7) is 4.36. The maximum atomic E-state index is 13.6. The number of rotatable bonds is 4. The average Bonchev–Trinajstić information content (AvgIpc) is 2.86. The van der Waals surface area contributed by atoms with Gasteiger partial charge in [-0.2, -0.15) is 0 Å². The lowest BCUT2D eigenvalue weighted by atomic mass is 10.1. The van der Waals surface area contributed by atoms with Gasteiger partial charge in [-0.3, -0.25) is 0 Å². The fraction of sp³-hybridized carbons (Fsp3) is 0.538. The first-order chi connectivity index (χ1) is 7.56. The minimum Gasteiger partial charge on any atom is -0.311 e. The van der Waals surface area contributed by atoms with Crippen LogP contribution in [-0.4, -0.2) is 12.1 Å². The average molecular weight is 286 g/mol. The van der Waals surface area contributed by atoms with Gasteiger partial charge < -0.3 is 5.32 Å². The van der Waals surface area contributed by atoms with E-state index in [1.54, 1.807) is 0 Å². The minimum atomic E-state index is -0.119. The molecule has 0 radical (unpaired) electrons. The van der Waals surface area contributed by atoms with Crippen LogP contribution in [-0.2, 0) is 6.42 Å². The van der Waals surface area contributed by atoms with Crippen LogP contribution >= 0.6 is 15.9 Å². The van der Waals surface area contributed by atoms with E-state index >= 15 is 0 Å². The summed E-state index contributed by atoms with van der Waals surface area (Å²) in [5.74, 6) is 0.670. The van der Waals surface area contributed by atoms with Crippen LogP contribution in [0.4, 0.5) is 4.39 Å². The molecule has 16 heavy (non-hydrogen) atoms. The summed E-state index contributed by atoms with van der Waals surface area (Å²) in [6.07, 6.45) is 2.01. The highest BCUT2D eigenvalue weighted by molar-refractivity contribution is 9.10. The van der Waals surface area contributed by atoms with Gasteiger partial charge in [-0.1, -0.05) is 28.9 Å². The predicted octanol–water partition coefficient (Wildman–Crippen LogP) is 3.52. The first kappa shape index (κ1) is 12.1. The molecule has 1 aliphatic rings. The molecule has 0 saturated heterocycles. The van der Waals surface area contributed by atoms with Crippen molar-refractivity contribution in [3.8, 4) is 0 Å². The summed E-state index contributed by atoms with van der Waals surface area (Å²) in [5, 5.41) is 3.52. The van der Waals surface area contributed by atoms with Crippen LogP contribution in [0.5, 0.6) is 0 Å². The standard InChI is InChI=1S/C13H17BrFN/c1-8-5-13(8)16-9(2)6-10-3-4-11(14)7-12(10)15/h3-4,7-9,13,16H,5-6H2,1-2H3. The Kier molecular flexibility index (Phi) is 3.65. The Hall–Kier alpha value is -0.410. The van der Waals surface area contributed by atoms with E-state index in [0.717, 1.165) is 22.4 Å². The first-order valence-electron chi connectivity index (χ1n) is 5.76. The second-order valence-electron chi connectivity index (χ2n) is 4.83. The second-order valence-corrected chi connectivity index (χ2v) is 5.74. The van der Waals surface area contributed by atoms with Gasteiger partial charge in [-0.05, 0) is 43.4 Å². The lowest BCUT2D eigenvalue weighted by Gasteiger charge is -2.14. The Morgan fingerprint density at radius 3 is 2.81 bits per heavy atom. The molecular weight excluding hydrogens is 269 g/mol. The highest BCUT2D eigenvalue weighted by Crippen LogP contribution is 2.29. The third-order valence-corrected chi connectivity index (χ3v) is 3.64. The summed E-state index contributed by atoms with van der Waals surface area (Å²) in [5.41, 5.74) is 0.788. The summed E-state index contributed by atoms with van der Waals surface area (Å²) < 4.78 is 14.4. The fourth-order valence-corrected chi connectivity index (χ4v) is 2.33. The number of nitrogens with one attached hydrogen (secondary N) is 1. The van der Waals surface area contributed by atoms with Crippen LogP contribution in [0, 0.1) is 11.7 Å². The Morgan fingerprint density at radius 2 is 2.25 bits per heavy atom. The number of hydrogen-bond donors (Lipinski definition) is 1. The topological polar surface area (TPSA) is 12.0 Å². The molecule has 2 rings (SSSR count). The number of halogens is 2. The Morgan fingerprint density at radius 1 is 1.56 bits per heavy atom. The zero-order valence-electron chi connectivity index (χ0n) is 9.63. The SMILES string of the molecule is CC(Cc1ccc(Br)cc1F)NC1CC1C. The van der Waals surface area contributed by atoms with Crippen LogP contribution in [0.15, 0.2) is 22.7 Å². The molecular formula is C13H17BrFN. The van der Waals surface area contributed by atoms with E-state index < -0.39 is 0 Å². The number of benzene rings is 1. The third kappa shape index (κ3) is 3.05. The van der Waals surface area contributed by atoms with Crippen molar-refractivity contribution >= 4 is 15.9 Å². The molecule has 3 heteroatoms. The molecule has 0 heterocycles. The van der Waals surface area contributed by atoms with E-state index in [4.69, 9.17) is 0 Å². The van der Waals surface area contributed by atoms with Crippen molar-refractivity contribution in [2.24, 2.45) is 5.92 Å². The van der Waals surface area contributed by atoms with E-state index in [-0.39, 0.29) is 5.82 Å². The number of hydrogen-bond acceptors (Lipinski definition) is 1. The summed E-state index contributed by atoms with van der Waals surface area (Å²) in [4.78, 5) is 0. The van der Waals surface area contributed by atoms with Gasteiger partial charge in [0, 0.05) is 16.6 Å². The molecule has 1 aromatic rings. The molecule has 0 bridgehead atoms. The monoisotopic (exact) mass is 285 g/mol. The molecule has 1 saturated carbocycles. The maximum absolute atomic E-state index is 13.6. The van der Waals surface area contributed by atoms with Crippen molar-refractivity contribution in [3.63, 3.8) is 0 Å². The summed E-state index contributed by atoms with van der Waals surface area (Å²) in [6, 6.07) is 6.26. The van der Waals surface area contributed by atoms with Gasteiger partial charge in [0.1, 0.15) is 5.82 Å². The lowest BCUT2D eigenvalue weighted by molar-refractivity contribution is 0.512. The summed E-state index contributed by atoms with van der Waals surface area (Å²) >= 11 is 3.27. The molecule has 3 unspecified atom stereocenters. The molecule has 0 spiro atoms. The van der Waals surface area contributed by atoms with Crippen molar-refractivity contribution in [1.29, 1.82) is 0 Å². The Balaban J connectivity index is 1.92. The van der Waals surface area contributed by atoms with Gasteiger partial charge in [-0.25, -0.2) is 4.39 Å². The van der Waals surface area contributed by atoms with Gasteiger partial charge in [0.25, 0.3) is 0 Å². The highest BCUT2D eigenvalue weighted by Gasteiger charge is 2.33. The van der Waals surface area contributed by atoms with E-state index in [2.05, 4.69) is 35.1 Å². The lowest BCUT2D eigenvalue weighted by Crippen LogP contribution is -2.31. The first-order valence-corrected chi connectivity index (χ1v) is 6.55. The van der Waals surface area contributed by atoms with Crippen LogP contribution in [0.3, 0.4) is 0 Å². The van der Waals surface area contributed by atoms with E-state index in [0.29, 0.717) is 12.1 Å². The second kappa shape index (κ2) is 4.84. The largest absolute Gasteiger partial charge is 0.311 e. The Bertz CT molecular complexity index is 380. The molecule has 88 valence electrons. The van der Waals surface area contributed by atoms with Crippen LogP contribution < -0.4 is 5.32 Å². The maximum Gasteiger partial charge on any atom is 0.127 e. The van der Waals surface area contributed by atoms with Crippen LogP contribution in [0.2, 0.25) is 0 Å². The molecule has 1 aliphatic carbocycles. The van der Waals surface area contributed by atoms with Crippen molar-refractivity contribution in [2.45, 2.75) is 38.8 Å². The van der Waals surface area contributed by atoms with Crippen molar-refractivity contribution < 1.29 is 4.39 Å². The summed E-state index contributed by atoms with van der Waals surface area (Å²) in [7, 11) is 0. The van der Waals surface area contributed by atoms with Gasteiger partial charge in [0.05, 0.1) is 0 Å². The minimum absolute atomic E-state index is 0.119. The quantitative estimate of drug-likeness (QED) is 0.893. The predicted molar refractivity (Wildman–Crippen MR) is 68.0 cm³/mol. The van der Waals surface area contributed by atoms with E-state index in [1.807, 2.05) is 12.1 Å². The fourth-order valence-electron chi connectivity index (χ4n) is 2.00. The van der Waals surface area contributed by atoms with Gasteiger partial charge in [0.15, 0.2) is 0 Å². The molecule has 1 N–H and O–H groups in total. The zero-order chi connectivity index (χ0) is 11.7. The molecule has 1 fully saturated rings. The van der Waals surface area contributed by atoms with E-state index in [9.17, 15) is 4.39 Å². The van der Waals surface area contributed by atoms with Crippen LogP contribution in [0.25, 0.3) is 0 Å². The molecule has 3 atom stereocenters. The van der Waals surface area contributed by atoms with Crippen LogP contribution in [0.1, 0.15) is 25.8 Å². The smallest absolute Gasteiger partial charge is 0.127 e. The molecule has 1 nitrogen and oxygen atoms in total. The third-order valence-electron chi connectivity index (χ3n) is 3.15. The zero-order valence-corrected chi connectivity index (χ0v) is 11.2. The molecule has 0 aliphatic heterocycles. The highest BCUT2D eigenvalue weighted by atomic mass is 79.9. The molecule has 0 aromatic heterocycles. The Labute approximate surface area is 105 Å². The normalized spacial score (nSPS) is 25.5. The van der Waals surface area contributed by atoms with E-state index in [1.165, 1.54) is 12.5 Å². The molecule has 0 amide bonds.